The topological polar surface area (TPSA) is 42.4 Å². The third-order valence-corrected chi connectivity index (χ3v) is 5.62. The Morgan fingerprint density at radius 1 is 1.22 bits per heavy atom. The summed E-state index contributed by atoms with van der Waals surface area (Å²) >= 11 is 7.55. The first-order valence-electron chi connectivity index (χ1n) is 8.91. The van der Waals surface area contributed by atoms with Gasteiger partial charge in [-0.1, -0.05) is 48.0 Å². The molecule has 0 aliphatic carbocycles. The molecule has 1 aromatic heterocycles. The molecule has 2 heterocycles. The van der Waals surface area contributed by atoms with Gasteiger partial charge in [-0.15, -0.1) is 11.3 Å². The summed E-state index contributed by atoms with van der Waals surface area (Å²) in [6.45, 7) is 1.24. The number of hydrogen-bond acceptors (Lipinski definition) is 4. The standard InChI is InChI=1S/C21H19ClN2O2S/c22-17-9-4-8-16(12-17)20(25)24(13-18-10-5-11-26-18)21-23-19(14-27-21)15-6-2-1-3-7-15/h1-4,6-9,12,14,18H,5,10-11,13H2/t18-/m1/s1. The van der Waals surface area contributed by atoms with Crippen molar-refractivity contribution in [2.24, 2.45) is 0 Å². The number of halogens is 1. The van der Waals surface area contributed by atoms with Gasteiger partial charge < -0.3 is 4.74 Å². The van der Waals surface area contributed by atoms with Crippen LogP contribution in [0.4, 0.5) is 5.13 Å². The maximum absolute atomic E-state index is 13.2. The van der Waals surface area contributed by atoms with Gasteiger partial charge in [0.25, 0.3) is 5.91 Å². The minimum Gasteiger partial charge on any atom is -0.376 e. The van der Waals surface area contributed by atoms with Gasteiger partial charge in [0.15, 0.2) is 5.13 Å². The number of rotatable bonds is 5. The number of aromatic nitrogens is 1. The van der Waals surface area contributed by atoms with Gasteiger partial charge in [0.2, 0.25) is 0 Å². The number of anilines is 1. The molecule has 2 aromatic carbocycles. The van der Waals surface area contributed by atoms with Crippen LogP contribution in [0.2, 0.25) is 5.02 Å². The van der Waals surface area contributed by atoms with E-state index in [9.17, 15) is 4.79 Å². The van der Waals surface area contributed by atoms with Crippen molar-refractivity contribution in [3.05, 3.63) is 70.6 Å². The van der Waals surface area contributed by atoms with Crippen molar-refractivity contribution in [2.45, 2.75) is 18.9 Å². The number of carbonyl (C=O) groups excluding carboxylic acids is 1. The number of nitrogens with zero attached hydrogens (tertiary/aromatic N) is 2. The molecule has 3 aromatic rings. The van der Waals surface area contributed by atoms with Crippen molar-refractivity contribution in [1.29, 1.82) is 0 Å². The molecule has 0 radical (unpaired) electrons. The first-order valence-corrected chi connectivity index (χ1v) is 10.2. The zero-order valence-corrected chi connectivity index (χ0v) is 16.2. The summed E-state index contributed by atoms with van der Waals surface area (Å²) in [6, 6.07) is 17.0. The average molecular weight is 399 g/mol. The lowest BCUT2D eigenvalue weighted by atomic mass is 10.1. The van der Waals surface area contributed by atoms with Crippen LogP contribution < -0.4 is 4.90 Å². The molecule has 0 spiro atoms. The first-order chi connectivity index (χ1) is 13.2. The van der Waals surface area contributed by atoms with Crippen LogP contribution >= 0.6 is 22.9 Å². The lowest BCUT2D eigenvalue weighted by molar-refractivity contribution is 0.0917. The van der Waals surface area contributed by atoms with Gasteiger partial charge in [0.1, 0.15) is 0 Å². The molecule has 1 aliphatic rings. The van der Waals surface area contributed by atoms with Crippen LogP contribution in [0.25, 0.3) is 11.3 Å². The molecule has 0 bridgehead atoms. The van der Waals surface area contributed by atoms with Gasteiger partial charge in [-0.25, -0.2) is 4.98 Å². The van der Waals surface area contributed by atoms with E-state index in [0.717, 1.165) is 30.7 Å². The van der Waals surface area contributed by atoms with E-state index in [4.69, 9.17) is 21.3 Å². The highest BCUT2D eigenvalue weighted by molar-refractivity contribution is 7.14. The van der Waals surface area contributed by atoms with Gasteiger partial charge in [-0.3, -0.25) is 9.69 Å². The Labute approximate surface area is 167 Å². The van der Waals surface area contributed by atoms with Crippen LogP contribution in [-0.4, -0.2) is 30.1 Å². The SMILES string of the molecule is O=C(c1cccc(Cl)c1)N(C[C@H]1CCCO1)c1nc(-c2ccccc2)cs1. The van der Waals surface area contributed by atoms with Crippen molar-refractivity contribution < 1.29 is 9.53 Å². The second kappa shape index (κ2) is 8.21. The molecule has 138 valence electrons. The van der Waals surface area contributed by atoms with E-state index in [1.165, 1.54) is 11.3 Å². The molecule has 1 saturated heterocycles. The summed E-state index contributed by atoms with van der Waals surface area (Å²) in [5.74, 6) is -0.109. The lowest BCUT2D eigenvalue weighted by Crippen LogP contribution is -2.37. The van der Waals surface area contributed by atoms with E-state index in [1.807, 2.05) is 35.7 Å². The largest absolute Gasteiger partial charge is 0.376 e. The Kier molecular flexibility index (Phi) is 5.53. The fourth-order valence-corrected chi connectivity index (χ4v) is 4.18. The van der Waals surface area contributed by atoms with Crippen LogP contribution in [-0.2, 0) is 4.74 Å². The van der Waals surface area contributed by atoms with E-state index in [2.05, 4.69) is 0 Å². The highest BCUT2D eigenvalue weighted by Gasteiger charge is 2.27. The summed E-state index contributed by atoms with van der Waals surface area (Å²) in [6.07, 6.45) is 2.02. The second-order valence-electron chi connectivity index (χ2n) is 6.44. The van der Waals surface area contributed by atoms with Gasteiger partial charge >= 0.3 is 0 Å². The summed E-state index contributed by atoms with van der Waals surface area (Å²) in [4.78, 5) is 19.7. The smallest absolute Gasteiger partial charge is 0.260 e. The van der Waals surface area contributed by atoms with Gasteiger partial charge in [-0.05, 0) is 31.0 Å². The molecule has 4 nitrogen and oxygen atoms in total. The monoisotopic (exact) mass is 398 g/mol. The highest BCUT2D eigenvalue weighted by Crippen LogP contribution is 2.30. The number of hydrogen-bond donors (Lipinski definition) is 0. The molecule has 1 fully saturated rings. The Bertz CT molecular complexity index is 923. The molecular weight excluding hydrogens is 380 g/mol. The predicted octanol–water partition coefficient (Wildman–Crippen LogP) is 5.29. The lowest BCUT2D eigenvalue weighted by Gasteiger charge is -2.23. The fraction of sp³-hybridized carbons (Fsp3) is 0.238. The maximum Gasteiger partial charge on any atom is 0.260 e. The Morgan fingerprint density at radius 3 is 2.81 bits per heavy atom. The zero-order valence-electron chi connectivity index (χ0n) is 14.7. The predicted molar refractivity (Wildman–Crippen MR) is 110 cm³/mol. The van der Waals surface area contributed by atoms with Gasteiger partial charge in [-0.2, -0.15) is 0 Å². The minimum absolute atomic E-state index is 0.0391. The van der Waals surface area contributed by atoms with Crippen LogP contribution in [0.5, 0.6) is 0 Å². The quantitative estimate of drug-likeness (QED) is 0.586. The normalized spacial score (nSPS) is 16.4. The molecular formula is C21H19ClN2O2S. The van der Waals surface area contributed by atoms with Gasteiger partial charge in [0.05, 0.1) is 18.3 Å². The van der Waals surface area contributed by atoms with Crippen LogP contribution in [0.1, 0.15) is 23.2 Å². The van der Waals surface area contributed by atoms with Gasteiger partial charge in [0, 0.05) is 28.1 Å². The van der Waals surface area contributed by atoms with E-state index in [1.54, 1.807) is 29.2 Å². The number of amides is 1. The molecule has 0 saturated carbocycles. The fourth-order valence-electron chi connectivity index (χ4n) is 3.15. The van der Waals surface area contributed by atoms with Crippen LogP contribution in [0.3, 0.4) is 0 Å². The molecule has 1 amide bonds. The Balaban J connectivity index is 1.65. The molecule has 4 rings (SSSR count). The zero-order chi connectivity index (χ0) is 18.6. The molecule has 1 atom stereocenters. The van der Waals surface area contributed by atoms with E-state index < -0.39 is 0 Å². The maximum atomic E-state index is 13.2. The molecule has 6 heteroatoms. The second-order valence-corrected chi connectivity index (χ2v) is 7.72. The summed E-state index contributed by atoms with van der Waals surface area (Å²) < 4.78 is 5.76. The number of benzene rings is 2. The van der Waals surface area contributed by atoms with Crippen molar-refractivity contribution in [1.82, 2.24) is 4.98 Å². The third-order valence-electron chi connectivity index (χ3n) is 4.52. The highest BCUT2D eigenvalue weighted by atomic mass is 35.5. The average Bonchev–Trinajstić information content (AvgIpc) is 3.38. The van der Waals surface area contributed by atoms with E-state index in [0.29, 0.717) is 22.3 Å². The van der Waals surface area contributed by atoms with Crippen molar-refractivity contribution >= 4 is 34.0 Å². The van der Waals surface area contributed by atoms with Crippen molar-refractivity contribution in [2.75, 3.05) is 18.1 Å². The Morgan fingerprint density at radius 2 is 2.07 bits per heavy atom. The third kappa shape index (κ3) is 4.21. The molecule has 0 N–H and O–H groups in total. The number of thiazole rings is 1. The number of carbonyl (C=O) groups is 1. The molecule has 0 unspecified atom stereocenters. The van der Waals surface area contributed by atoms with Crippen molar-refractivity contribution in [3.8, 4) is 11.3 Å². The Hall–Kier alpha value is -2.21. The molecule has 27 heavy (non-hydrogen) atoms. The van der Waals surface area contributed by atoms with Crippen LogP contribution in [0, 0.1) is 0 Å². The minimum atomic E-state index is -0.109. The van der Waals surface area contributed by atoms with Crippen molar-refractivity contribution in [3.63, 3.8) is 0 Å². The first kappa shape index (κ1) is 18.2. The summed E-state index contributed by atoms with van der Waals surface area (Å²) in [5, 5.41) is 3.20. The van der Waals surface area contributed by atoms with Crippen LogP contribution in [0.15, 0.2) is 60.0 Å². The molecule has 1 aliphatic heterocycles. The summed E-state index contributed by atoms with van der Waals surface area (Å²) in [7, 11) is 0. The van der Waals surface area contributed by atoms with E-state index >= 15 is 0 Å². The number of ether oxygens (including phenoxy) is 1. The summed E-state index contributed by atoms with van der Waals surface area (Å²) in [5.41, 5.74) is 2.45. The van der Waals surface area contributed by atoms with E-state index in [-0.39, 0.29) is 12.0 Å².